The van der Waals surface area contributed by atoms with E-state index in [1.54, 1.807) is 0 Å². The van der Waals surface area contributed by atoms with Gasteiger partial charge in [-0.2, -0.15) is 0 Å². The number of aromatic nitrogens is 3. The van der Waals surface area contributed by atoms with Crippen LogP contribution in [0.2, 0.25) is 0 Å². The molecule has 0 amide bonds. The summed E-state index contributed by atoms with van der Waals surface area (Å²) < 4.78 is 4.91. The summed E-state index contributed by atoms with van der Waals surface area (Å²) in [6.07, 6.45) is 9.91. The predicted octanol–water partition coefficient (Wildman–Crippen LogP) is 4.18. The third-order valence-corrected chi connectivity index (χ3v) is 3.84. The van der Waals surface area contributed by atoms with Crippen LogP contribution in [-0.2, 0) is 6.54 Å². The predicted molar refractivity (Wildman–Crippen MR) is 84.5 cm³/mol. The first kappa shape index (κ1) is 15.0. The average molecular weight is 290 g/mol. The Bertz CT molecular complexity index is 557. The first-order valence-electron chi connectivity index (χ1n) is 7.58. The smallest absolute Gasteiger partial charge is 0.224 e. The molecule has 1 heterocycles. The molecule has 0 aliphatic rings. The minimum absolute atomic E-state index is 0.794. The zero-order valence-electron chi connectivity index (χ0n) is 12.2. The molecule has 0 aliphatic carbocycles. The topological polar surface area (TPSA) is 24.6 Å². The Kier molecular flexibility index (Phi) is 5.99. The lowest BCUT2D eigenvalue weighted by atomic mass is 10.1. The van der Waals surface area contributed by atoms with Gasteiger partial charge in [-0.1, -0.05) is 57.2 Å². The molecule has 0 bridgehead atoms. The minimum atomic E-state index is 0.794. The zero-order chi connectivity index (χ0) is 14.2. The Balaban J connectivity index is 1.87. The highest BCUT2D eigenvalue weighted by Crippen LogP contribution is 2.06. The van der Waals surface area contributed by atoms with Crippen molar-refractivity contribution in [3.05, 3.63) is 41.4 Å². The fourth-order valence-electron chi connectivity index (χ4n) is 2.33. The third-order valence-electron chi connectivity index (χ3n) is 3.52. The van der Waals surface area contributed by atoms with Crippen molar-refractivity contribution in [3.8, 4) is 5.69 Å². The number of aryl methyl sites for hydroxylation is 1. The van der Waals surface area contributed by atoms with Crippen LogP contribution in [-0.4, -0.2) is 9.78 Å². The van der Waals surface area contributed by atoms with Gasteiger partial charge in [0.2, 0.25) is 6.33 Å². The number of benzene rings is 1. The second-order valence-electron chi connectivity index (χ2n) is 5.20. The first-order chi connectivity index (χ1) is 9.81. The van der Waals surface area contributed by atoms with Gasteiger partial charge in [-0.15, -0.1) is 9.78 Å². The molecule has 0 unspecified atom stereocenters. The molecule has 0 atom stereocenters. The zero-order valence-corrected chi connectivity index (χ0v) is 13.0. The van der Waals surface area contributed by atoms with E-state index in [1.807, 2.05) is 22.9 Å². The van der Waals surface area contributed by atoms with Crippen molar-refractivity contribution < 1.29 is 4.57 Å². The lowest BCUT2D eigenvalue weighted by Gasteiger charge is -1.99. The number of unbranched alkanes of at least 4 members (excludes halogenated alkanes) is 5. The number of aromatic amines is 1. The van der Waals surface area contributed by atoms with E-state index < -0.39 is 0 Å². The molecule has 2 rings (SSSR count). The number of nitrogens with zero attached hydrogens (tertiary/aromatic N) is 2. The lowest BCUT2D eigenvalue weighted by Crippen LogP contribution is -2.32. The molecule has 2 aromatic rings. The van der Waals surface area contributed by atoms with Crippen molar-refractivity contribution >= 4 is 12.2 Å². The SMILES string of the molecule is CCCCCCCC[n+]1cn(-c2ccccc2)[nH]c1=S. The Morgan fingerprint density at radius 3 is 2.50 bits per heavy atom. The molecular formula is C16H24N3S+. The minimum Gasteiger partial charge on any atom is -0.224 e. The summed E-state index contributed by atoms with van der Waals surface area (Å²) in [7, 11) is 0. The highest BCUT2D eigenvalue weighted by Gasteiger charge is 2.08. The van der Waals surface area contributed by atoms with Crippen LogP contribution in [0.5, 0.6) is 0 Å². The standard InChI is InChI=1S/C16H23N3S/c1-2-3-4-5-6-10-13-18-14-19(17-16(18)20)15-11-8-7-9-12-15/h7-9,11-12,14H,2-6,10,13H2,1H3/p+1. The van der Waals surface area contributed by atoms with Crippen molar-refractivity contribution in [2.75, 3.05) is 0 Å². The van der Waals surface area contributed by atoms with Gasteiger partial charge < -0.3 is 0 Å². The molecule has 0 spiro atoms. The van der Waals surface area contributed by atoms with E-state index in [9.17, 15) is 0 Å². The highest BCUT2D eigenvalue weighted by atomic mass is 32.1. The van der Waals surface area contributed by atoms with E-state index in [4.69, 9.17) is 12.2 Å². The summed E-state index contributed by atoms with van der Waals surface area (Å²) in [5.41, 5.74) is 1.11. The second-order valence-corrected chi connectivity index (χ2v) is 5.59. The molecule has 1 N–H and O–H groups in total. The Morgan fingerprint density at radius 2 is 1.75 bits per heavy atom. The molecule has 0 fully saturated rings. The van der Waals surface area contributed by atoms with E-state index in [0.717, 1.165) is 17.0 Å². The Hall–Kier alpha value is -1.42. The molecule has 0 saturated carbocycles. The average Bonchev–Trinajstić information content (AvgIpc) is 2.85. The maximum atomic E-state index is 5.38. The van der Waals surface area contributed by atoms with E-state index in [1.165, 1.54) is 38.5 Å². The lowest BCUT2D eigenvalue weighted by molar-refractivity contribution is -0.704. The van der Waals surface area contributed by atoms with Crippen molar-refractivity contribution in [3.63, 3.8) is 0 Å². The van der Waals surface area contributed by atoms with Crippen molar-refractivity contribution in [2.45, 2.75) is 52.0 Å². The Morgan fingerprint density at radius 1 is 1.05 bits per heavy atom. The Labute approximate surface area is 126 Å². The first-order valence-corrected chi connectivity index (χ1v) is 7.98. The molecule has 0 aliphatic heterocycles. The van der Waals surface area contributed by atoms with Crippen LogP contribution >= 0.6 is 12.2 Å². The fraction of sp³-hybridized carbons (Fsp3) is 0.500. The van der Waals surface area contributed by atoms with Crippen LogP contribution in [0, 0.1) is 4.77 Å². The van der Waals surface area contributed by atoms with Gasteiger partial charge in [-0.05, 0) is 30.8 Å². The number of hydrogen-bond acceptors (Lipinski definition) is 1. The van der Waals surface area contributed by atoms with Crippen LogP contribution in [0.4, 0.5) is 0 Å². The van der Waals surface area contributed by atoms with Gasteiger partial charge in [0.1, 0.15) is 5.69 Å². The highest BCUT2D eigenvalue weighted by molar-refractivity contribution is 7.71. The monoisotopic (exact) mass is 290 g/mol. The largest absolute Gasteiger partial charge is 0.323 e. The maximum Gasteiger partial charge on any atom is 0.323 e. The molecule has 1 aromatic heterocycles. The molecule has 20 heavy (non-hydrogen) atoms. The summed E-state index contributed by atoms with van der Waals surface area (Å²) in [6.45, 7) is 3.25. The molecule has 0 radical (unpaired) electrons. The number of rotatable bonds is 8. The number of H-pyrrole nitrogens is 1. The maximum absolute atomic E-state index is 5.38. The summed E-state index contributed by atoms with van der Waals surface area (Å²) in [5, 5.41) is 3.22. The van der Waals surface area contributed by atoms with Crippen molar-refractivity contribution in [1.82, 2.24) is 9.78 Å². The summed E-state index contributed by atoms with van der Waals surface area (Å²) in [5.74, 6) is 0. The van der Waals surface area contributed by atoms with Gasteiger partial charge in [0.25, 0.3) is 0 Å². The number of para-hydroxylation sites is 1. The van der Waals surface area contributed by atoms with Crippen LogP contribution in [0.3, 0.4) is 0 Å². The van der Waals surface area contributed by atoms with E-state index in [2.05, 4.69) is 35.0 Å². The number of nitrogens with one attached hydrogen (secondary N) is 1. The number of hydrogen-bond donors (Lipinski definition) is 1. The van der Waals surface area contributed by atoms with E-state index in [-0.39, 0.29) is 0 Å². The van der Waals surface area contributed by atoms with Gasteiger partial charge in [-0.3, -0.25) is 0 Å². The van der Waals surface area contributed by atoms with Crippen LogP contribution in [0.25, 0.3) is 5.69 Å². The summed E-state index contributed by atoms with van der Waals surface area (Å²) >= 11 is 5.38. The van der Waals surface area contributed by atoms with Gasteiger partial charge in [0.15, 0.2) is 0 Å². The van der Waals surface area contributed by atoms with Crippen molar-refractivity contribution in [1.29, 1.82) is 0 Å². The van der Waals surface area contributed by atoms with E-state index in [0.29, 0.717) is 0 Å². The van der Waals surface area contributed by atoms with Gasteiger partial charge in [-0.25, -0.2) is 4.57 Å². The summed E-state index contributed by atoms with van der Waals surface area (Å²) in [6, 6.07) is 10.2. The van der Waals surface area contributed by atoms with Gasteiger partial charge in [0.05, 0.1) is 6.54 Å². The van der Waals surface area contributed by atoms with Gasteiger partial charge >= 0.3 is 4.77 Å². The molecule has 108 valence electrons. The second kappa shape index (κ2) is 8.00. The quantitative estimate of drug-likeness (QED) is 0.440. The molecule has 0 saturated heterocycles. The summed E-state index contributed by atoms with van der Waals surface area (Å²) in [4.78, 5) is 0. The molecule has 4 heteroatoms. The van der Waals surface area contributed by atoms with Crippen LogP contribution in [0.1, 0.15) is 45.4 Å². The normalized spacial score (nSPS) is 10.8. The van der Waals surface area contributed by atoms with Crippen LogP contribution < -0.4 is 4.57 Å². The van der Waals surface area contributed by atoms with Crippen molar-refractivity contribution in [2.24, 2.45) is 0 Å². The fourth-order valence-corrected chi connectivity index (χ4v) is 2.57. The van der Waals surface area contributed by atoms with E-state index >= 15 is 0 Å². The molecule has 1 aromatic carbocycles. The molecular weight excluding hydrogens is 266 g/mol. The van der Waals surface area contributed by atoms with Crippen LogP contribution in [0.15, 0.2) is 36.7 Å². The molecule has 3 nitrogen and oxygen atoms in total. The third kappa shape index (κ3) is 4.30. The van der Waals surface area contributed by atoms with Gasteiger partial charge in [0, 0.05) is 0 Å².